The zero-order valence-corrected chi connectivity index (χ0v) is 13.6. The van der Waals surface area contributed by atoms with E-state index in [2.05, 4.69) is 0 Å². The molecule has 2 N–H and O–H groups in total. The van der Waals surface area contributed by atoms with Crippen molar-refractivity contribution in [2.24, 2.45) is 0 Å². The molecule has 24 heavy (non-hydrogen) atoms. The molecule has 4 nitrogen and oxygen atoms in total. The SMILES string of the molecule is Cc1cc(C(=O)O)c(-c2ccccc2)n1-c1cccc(C(C)O)c1. The van der Waals surface area contributed by atoms with Gasteiger partial charge in [-0.2, -0.15) is 0 Å². The lowest BCUT2D eigenvalue weighted by Gasteiger charge is -2.15. The van der Waals surface area contributed by atoms with Crippen molar-refractivity contribution in [1.29, 1.82) is 0 Å². The van der Waals surface area contributed by atoms with Gasteiger partial charge in [-0.25, -0.2) is 4.79 Å². The number of benzene rings is 2. The maximum atomic E-state index is 11.7. The van der Waals surface area contributed by atoms with Crippen LogP contribution in [0.1, 0.15) is 34.6 Å². The summed E-state index contributed by atoms with van der Waals surface area (Å²) >= 11 is 0. The van der Waals surface area contributed by atoms with E-state index in [0.717, 1.165) is 22.5 Å². The van der Waals surface area contributed by atoms with E-state index in [1.165, 1.54) is 0 Å². The Bertz CT molecular complexity index is 879. The molecule has 122 valence electrons. The Morgan fingerprint density at radius 1 is 1.04 bits per heavy atom. The monoisotopic (exact) mass is 321 g/mol. The highest BCUT2D eigenvalue weighted by Crippen LogP contribution is 2.31. The van der Waals surface area contributed by atoms with E-state index in [1.54, 1.807) is 13.0 Å². The molecule has 0 fully saturated rings. The predicted molar refractivity (Wildman–Crippen MR) is 93.5 cm³/mol. The molecule has 0 aliphatic rings. The van der Waals surface area contributed by atoms with E-state index in [-0.39, 0.29) is 5.56 Å². The van der Waals surface area contributed by atoms with Gasteiger partial charge in [-0.1, -0.05) is 42.5 Å². The first-order valence-electron chi connectivity index (χ1n) is 7.78. The molecule has 2 aromatic carbocycles. The molecule has 3 rings (SSSR count). The molecule has 0 saturated carbocycles. The van der Waals surface area contributed by atoms with Crippen LogP contribution in [0.2, 0.25) is 0 Å². The van der Waals surface area contributed by atoms with Gasteiger partial charge in [-0.3, -0.25) is 0 Å². The number of carboxylic acids is 1. The van der Waals surface area contributed by atoms with Crippen LogP contribution in [0.5, 0.6) is 0 Å². The van der Waals surface area contributed by atoms with E-state index in [9.17, 15) is 15.0 Å². The molecule has 0 spiro atoms. The van der Waals surface area contributed by atoms with Gasteiger partial charge < -0.3 is 14.8 Å². The largest absolute Gasteiger partial charge is 0.478 e. The second kappa shape index (κ2) is 6.34. The van der Waals surface area contributed by atoms with Gasteiger partial charge in [0.15, 0.2) is 0 Å². The Hall–Kier alpha value is -2.85. The minimum absolute atomic E-state index is 0.265. The van der Waals surface area contributed by atoms with E-state index < -0.39 is 12.1 Å². The van der Waals surface area contributed by atoms with Crippen LogP contribution in [0.3, 0.4) is 0 Å². The molecule has 0 aliphatic heterocycles. The van der Waals surface area contributed by atoms with Gasteiger partial charge in [-0.15, -0.1) is 0 Å². The maximum absolute atomic E-state index is 11.7. The summed E-state index contributed by atoms with van der Waals surface area (Å²) < 4.78 is 1.92. The first-order valence-corrected chi connectivity index (χ1v) is 7.78. The number of carboxylic acid groups (broad SMARTS) is 1. The highest BCUT2D eigenvalue weighted by Gasteiger charge is 2.20. The summed E-state index contributed by atoms with van der Waals surface area (Å²) in [5, 5.41) is 19.4. The summed E-state index contributed by atoms with van der Waals surface area (Å²) in [5.41, 5.74) is 4.19. The van der Waals surface area contributed by atoms with Gasteiger partial charge in [0.1, 0.15) is 0 Å². The fraction of sp³-hybridized carbons (Fsp3) is 0.150. The van der Waals surface area contributed by atoms with E-state index in [0.29, 0.717) is 5.69 Å². The number of aromatic carboxylic acids is 1. The fourth-order valence-corrected chi connectivity index (χ4v) is 2.94. The second-order valence-corrected chi connectivity index (χ2v) is 5.83. The molecule has 1 unspecified atom stereocenters. The van der Waals surface area contributed by atoms with Gasteiger partial charge in [0.2, 0.25) is 0 Å². The van der Waals surface area contributed by atoms with Gasteiger partial charge >= 0.3 is 5.97 Å². The average Bonchev–Trinajstić information content (AvgIpc) is 2.93. The lowest BCUT2D eigenvalue weighted by Crippen LogP contribution is -2.04. The number of hydrogen-bond acceptors (Lipinski definition) is 2. The Balaban J connectivity index is 2.29. The maximum Gasteiger partial charge on any atom is 0.337 e. The first-order chi connectivity index (χ1) is 11.5. The smallest absolute Gasteiger partial charge is 0.337 e. The summed E-state index contributed by atoms with van der Waals surface area (Å²) in [6.07, 6.45) is -0.583. The summed E-state index contributed by atoms with van der Waals surface area (Å²) in [5.74, 6) is -0.956. The third-order valence-corrected chi connectivity index (χ3v) is 4.07. The minimum Gasteiger partial charge on any atom is -0.478 e. The molecule has 0 saturated heterocycles. The Morgan fingerprint density at radius 3 is 2.38 bits per heavy atom. The van der Waals surface area contributed by atoms with Crippen molar-refractivity contribution in [2.45, 2.75) is 20.0 Å². The lowest BCUT2D eigenvalue weighted by atomic mass is 10.1. The van der Waals surface area contributed by atoms with Crippen molar-refractivity contribution >= 4 is 5.97 Å². The third kappa shape index (κ3) is 2.84. The van der Waals surface area contributed by atoms with Crippen molar-refractivity contribution in [3.63, 3.8) is 0 Å². The highest BCUT2D eigenvalue weighted by atomic mass is 16.4. The Labute approximate surface area is 140 Å². The molecule has 0 bridgehead atoms. The van der Waals surface area contributed by atoms with E-state index in [4.69, 9.17) is 0 Å². The van der Waals surface area contributed by atoms with Crippen LogP contribution in [-0.4, -0.2) is 20.7 Å². The molecule has 1 heterocycles. The number of aliphatic hydroxyl groups is 1. The molecular formula is C20H19NO3. The second-order valence-electron chi connectivity index (χ2n) is 5.83. The molecule has 3 aromatic rings. The van der Waals surface area contributed by atoms with Crippen molar-refractivity contribution in [2.75, 3.05) is 0 Å². The van der Waals surface area contributed by atoms with Crippen LogP contribution < -0.4 is 0 Å². The number of rotatable bonds is 4. The number of aromatic nitrogens is 1. The molecule has 0 aliphatic carbocycles. The average molecular weight is 321 g/mol. The number of hydrogen-bond donors (Lipinski definition) is 2. The molecule has 0 amide bonds. The van der Waals surface area contributed by atoms with Gasteiger partial charge in [0, 0.05) is 11.4 Å². The summed E-state index contributed by atoms with van der Waals surface area (Å²) in [6, 6.07) is 18.7. The van der Waals surface area contributed by atoms with Crippen molar-refractivity contribution < 1.29 is 15.0 Å². The van der Waals surface area contributed by atoms with Crippen LogP contribution in [-0.2, 0) is 0 Å². The van der Waals surface area contributed by atoms with Crippen LogP contribution in [0.4, 0.5) is 0 Å². The normalized spacial score (nSPS) is 12.1. The minimum atomic E-state index is -0.956. The lowest BCUT2D eigenvalue weighted by molar-refractivity contribution is 0.0698. The standard InChI is InChI=1S/C20H19NO3/c1-13-11-18(20(23)24)19(15-7-4-3-5-8-15)21(13)17-10-6-9-16(12-17)14(2)22/h3-12,14,22H,1-2H3,(H,23,24). The fourth-order valence-electron chi connectivity index (χ4n) is 2.94. The van der Waals surface area contributed by atoms with Crippen LogP contribution in [0.15, 0.2) is 60.7 Å². The van der Waals surface area contributed by atoms with Gasteiger partial charge in [-0.05, 0) is 43.2 Å². The predicted octanol–water partition coefficient (Wildman–Crippen LogP) is 4.20. The molecular weight excluding hydrogens is 302 g/mol. The summed E-state index contributed by atoms with van der Waals surface area (Å²) in [4.78, 5) is 11.7. The first kappa shape index (κ1) is 16.0. The Kier molecular flexibility index (Phi) is 4.23. The molecule has 1 atom stereocenters. The molecule has 1 aromatic heterocycles. The van der Waals surface area contributed by atoms with Crippen LogP contribution in [0, 0.1) is 6.92 Å². The zero-order valence-electron chi connectivity index (χ0n) is 13.6. The molecule has 4 heteroatoms. The number of aliphatic hydroxyl groups excluding tert-OH is 1. The van der Waals surface area contributed by atoms with Crippen LogP contribution in [0.25, 0.3) is 16.9 Å². The zero-order chi connectivity index (χ0) is 17.3. The van der Waals surface area contributed by atoms with E-state index >= 15 is 0 Å². The Morgan fingerprint density at radius 2 is 1.75 bits per heavy atom. The van der Waals surface area contributed by atoms with Crippen LogP contribution >= 0.6 is 0 Å². The summed E-state index contributed by atoms with van der Waals surface area (Å²) in [6.45, 7) is 3.59. The molecule has 0 radical (unpaired) electrons. The number of aryl methyl sites for hydroxylation is 1. The van der Waals surface area contributed by atoms with Crippen molar-refractivity contribution in [3.8, 4) is 16.9 Å². The third-order valence-electron chi connectivity index (χ3n) is 4.07. The highest BCUT2D eigenvalue weighted by molar-refractivity contribution is 5.96. The topological polar surface area (TPSA) is 62.5 Å². The van der Waals surface area contributed by atoms with Gasteiger partial charge in [0.25, 0.3) is 0 Å². The number of nitrogens with zero attached hydrogens (tertiary/aromatic N) is 1. The summed E-state index contributed by atoms with van der Waals surface area (Å²) in [7, 11) is 0. The van der Waals surface area contributed by atoms with Crippen molar-refractivity contribution in [3.05, 3.63) is 77.5 Å². The van der Waals surface area contributed by atoms with Crippen molar-refractivity contribution in [1.82, 2.24) is 4.57 Å². The van der Waals surface area contributed by atoms with E-state index in [1.807, 2.05) is 66.1 Å². The number of carbonyl (C=O) groups is 1. The quantitative estimate of drug-likeness (QED) is 0.757. The van der Waals surface area contributed by atoms with Gasteiger partial charge in [0.05, 0.1) is 17.4 Å².